The molecule has 1 heterocycles. The number of benzene rings is 1. The van der Waals surface area contributed by atoms with Gasteiger partial charge in [-0.25, -0.2) is 12.8 Å². The molecule has 0 amide bonds. The summed E-state index contributed by atoms with van der Waals surface area (Å²) in [5, 5.41) is 0. The smallest absolute Gasteiger partial charge is 0.243 e. The van der Waals surface area contributed by atoms with E-state index in [1.807, 2.05) is 0 Å². The lowest BCUT2D eigenvalue weighted by atomic mass is 9.99. The third-order valence-corrected chi connectivity index (χ3v) is 5.58. The van der Waals surface area contributed by atoms with Crippen LogP contribution in [0.2, 0.25) is 0 Å². The molecule has 0 saturated carbocycles. The number of aryl methyl sites for hydroxylation is 1. The number of nitrogens with zero attached hydrogens (tertiary/aromatic N) is 1. The summed E-state index contributed by atoms with van der Waals surface area (Å²) in [5.41, 5.74) is 6.03. The van der Waals surface area contributed by atoms with E-state index < -0.39 is 15.8 Å². The van der Waals surface area contributed by atoms with Crippen LogP contribution in [0.1, 0.15) is 18.4 Å². The van der Waals surface area contributed by atoms with Gasteiger partial charge in [-0.15, -0.1) is 0 Å². The predicted octanol–water partition coefficient (Wildman–Crippen LogP) is 1.49. The minimum Gasteiger partial charge on any atom is -0.330 e. The number of hydrogen-bond donors (Lipinski definition) is 1. The third-order valence-electron chi connectivity index (χ3n) is 3.69. The van der Waals surface area contributed by atoms with Gasteiger partial charge in [0.15, 0.2) is 0 Å². The molecule has 106 valence electrons. The molecule has 1 aromatic rings. The zero-order valence-corrected chi connectivity index (χ0v) is 11.8. The Morgan fingerprint density at radius 1 is 1.37 bits per heavy atom. The van der Waals surface area contributed by atoms with E-state index >= 15 is 0 Å². The fraction of sp³-hybridized carbons (Fsp3) is 0.538. The van der Waals surface area contributed by atoms with Gasteiger partial charge in [-0.2, -0.15) is 4.31 Å². The van der Waals surface area contributed by atoms with Gasteiger partial charge < -0.3 is 5.73 Å². The standard InChI is InChI=1S/C13H19FN2O2S/c1-10-2-3-12(8-13(10)14)19(17,18)16-6-4-11(9-15)5-7-16/h2-3,8,11H,4-7,9,15H2,1H3. The molecule has 0 aromatic heterocycles. The lowest BCUT2D eigenvalue weighted by Gasteiger charge is -2.30. The number of halogens is 1. The molecule has 19 heavy (non-hydrogen) atoms. The van der Waals surface area contributed by atoms with Gasteiger partial charge in [0, 0.05) is 13.1 Å². The highest BCUT2D eigenvalue weighted by Crippen LogP contribution is 2.24. The molecule has 0 radical (unpaired) electrons. The second-order valence-electron chi connectivity index (χ2n) is 4.99. The van der Waals surface area contributed by atoms with Crippen molar-refractivity contribution in [3.8, 4) is 0 Å². The van der Waals surface area contributed by atoms with Gasteiger partial charge in [-0.05, 0) is 49.9 Å². The highest BCUT2D eigenvalue weighted by molar-refractivity contribution is 7.89. The molecule has 0 bridgehead atoms. The summed E-state index contributed by atoms with van der Waals surface area (Å²) in [7, 11) is -3.58. The second-order valence-corrected chi connectivity index (χ2v) is 6.93. The van der Waals surface area contributed by atoms with E-state index in [0.717, 1.165) is 18.9 Å². The molecule has 1 fully saturated rings. The van der Waals surface area contributed by atoms with Crippen molar-refractivity contribution in [2.75, 3.05) is 19.6 Å². The van der Waals surface area contributed by atoms with Crippen LogP contribution in [0.5, 0.6) is 0 Å². The molecular formula is C13H19FN2O2S. The van der Waals surface area contributed by atoms with Crippen molar-refractivity contribution >= 4 is 10.0 Å². The van der Waals surface area contributed by atoms with Crippen LogP contribution in [-0.2, 0) is 10.0 Å². The van der Waals surface area contributed by atoms with E-state index in [-0.39, 0.29) is 4.90 Å². The van der Waals surface area contributed by atoms with Crippen LogP contribution < -0.4 is 5.73 Å². The molecule has 2 rings (SSSR count). The fourth-order valence-corrected chi connectivity index (χ4v) is 3.75. The number of piperidine rings is 1. The Bertz CT molecular complexity index is 552. The Morgan fingerprint density at radius 2 is 2.00 bits per heavy atom. The molecule has 2 N–H and O–H groups in total. The highest BCUT2D eigenvalue weighted by atomic mass is 32.2. The van der Waals surface area contributed by atoms with Crippen molar-refractivity contribution in [3.05, 3.63) is 29.6 Å². The van der Waals surface area contributed by atoms with Crippen LogP contribution in [0, 0.1) is 18.7 Å². The minimum atomic E-state index is -3.58. The molecule has 0 unspecified atom stereocenters. The van der Waals surface area contributed by atoms with Gasteiger partial charge in [0.25, 0.3) is 0 Å². The van der Waals surface area contributed by atoms with Crippen molar-refractivity contribution in [1.29, 1.82) is 0 Å². The topological polar surface area (TPSA) is 63.4 Å². The maximum Gasteiger partial charge on any atom is 0.243 e. The SMILES string of the molecule is Cc1ccc(S(=O)(=O)N2CCC(CN)CC2)cc1F. The van der Waals surface area contributed by atoms with Crippen molar-refractivity contribution < 1.29 is 12.8 Å². The normalized spacial score (nSPS) is 18.7. The molecule has 1 aliphatic heterocycles. The average molecular weight is 286 g/mol. The molecule has 1 aromatic carbocycles. The quantitative estimate of drug-likeness (QED) is 0.915. The van der Waals surface area contributed by atoms with Crippen molar-refractivity contribution in [3.63, 3.8) is 0 Å². The van der Waals surface area contributed by atoms with E-state index in [1.54, 1.807) is 6.92 Å². The maximum atomic E-state index is 13.5. The Kier molecular flexibility index (Phi) is 4.23. The monoisotopic (exact) mass is 286 g/mol. The Labute approximate surface area is 113 Å². The molecular weight excluding hydrogens is 267 g/mol. The first-order chi connectivity index (χ1) is 8.95. The summed E-state index contributed by atoms with van der Waals surface area (Å²) in [5.74, 6) is -0.0980. The van der Waals surface area contributed by atoms with Crippen LogP contribution >= 0.6 is 0 Å². The Morgan fingerprint density at radius 3 is 2.53 bits per heavy atom. The largest absolute Gasteiger partial charge is 0.330 e. The van der Waals surface area contributed by atoms with Gasteiger partial charge in [-0.1, -0.05) is 6.07 Å². The number of sulfonamides is 1. The number of rotatable bonds is 3. The summed E-state index contributed by atoms with van der Waals surface area (Å²) in [4.78, 5) is 0.0294. The molecule has 6 heteroatoms. The molecule has 1 aliphatic rings. The molecule has 0 atom stereocenters. The zero-order chi connectivity index (χ0) is 14.0. The van der Waals surface area contributed by atoms with Gasteiger partial charge in [0.05, 0.1) is 4.90 Å². The van der Waals surface area contributed by atoms with Crippen LogP contribution in [-0.4, -0.2) is 32.4 Å². The van der Waals surface area contributed by atoms with Crippen LogP contribution in [0.15, 0.2) is 23.1 Å². The average Bonchev–Trinajstić information content (AvgIpc) is 2.41. The lowest BCUT2D eigenvalue weighted by Crippen LogP contribution is -2.40. The highest BCUT2D eigenvalue weighted by Gasteiger charge is 2.29. The first kappa shape index (κ1) is 14.4. The van der Waals surface area contributed by atoms with E-state index in [0.29, 0.717) is 31.1 Å². The van der Waals surface area contributed by atoms with E-state index in [2.05, 4.69) is 0 Å². The lowest BCUT2D eigenvalue weighted by molar-refractivity contribution is 0.278. The van der Waals surface area contributed by atoms with Crippen molar-refractivity contribution in [1.82, 2.24) is 4.31 Å². The second kappa shape index (κ2) is 5.56. The predicted molar refractivity (Wildman–Crippen MR) is 71.7 cm³/mol. The van der Waals surface area contributed by atoms with Gasteiger partial charge >= 0.3 is 0 Å². The van der Waals surface area contributed by atoms with Crippen molar-refractivity contribution in [2.45, 2.75) is 24.7 Å². The van der Waals surface area contributed by atoms with E-state index in [4.69, 9.17) is 5.73 Å². The van der Waals surface area contributed by atoms with Crippen LogP contribution in [0.4, 0.5) is 4.39 Å². The Balaban J connectivity index is 2.21. The summed E-state index contributed by atoms with van der Waals surface area (Å²) in [6.45, 7) is 3.12. The van der Waals surface area contributed by atoms with E-state index in [9.17, 15) is 12.8 Å². The van der Waals surface area contributed by atoms with E-state index in [1.165, 1.54) is 16.4 Å². The summed E-state index contributed by atoms with van der Waals surface area (Å²) < 4.78 is 39.7. The number of nitrogens with two attached hydrogens (primary N) is 1. The van der Waals surface area contributed by atoms with Crippen LogP contribution in [0.25, 0.3) is 0 Å². The van der Waals surface area contributed by atoms with Gasteiger partial charge in [0.2, 0.25) is 10.0 Å². The molecule has 0 aliphatic carbocycles. The number of hydrogen-bond acceptors (Lipinski definition) is 3. The third kappa shape index (κ3) is 2.96. The first-order valence-electron chi connectivity index (χ1n) is 6.41. The Hall–Kier alpha value is -0.980. The van der Waals surface area contributed by atoms with Gasteiger partial charge in [-0.3, -0.25) is 0 Å². The fourth-order valence-electron chi connectivity index (χ4n) is 2.27. The molecule has 1 saturated heterocycles. The summed E-state index contributed by atoms with van der Waals surface area (Å²) in [6, 6.07) is 4.05. The maximum absolute atomic E-state index is 13.5. The van der Waals surface area contributed by atoms with Crippen molar-refractivity contribution in [2.24, 2.45) is 11.7 Å². The minimum absolute atomic E-state index is 0.0294. The zero-order valence-electron chi connectivity index (χ0n) is 11.0. The van der Waals surface area contributed by atoms with Crippen LogP contribution in [0.3, 0.4) is 0 Å². The van der Waals surface area contributed by atoms with Gasteiger partial charge in [0.1, 0.15) is 5.82 Å². The molecule has 0 spiro atoms. The molecule has 4 nitrogen and oxygen atoms in total. The summed E-state index contributed by atoms with van der Waals surface area (Å²) in [6.07, 6.45) is 1.54. The first-order valence-corrected chi connectivity index (χ1v) is 7.85. The summed E-state index contributed by atoms with van der Waals surface area (Å²) >= 11 is 0.